The molecule has 1 amide bonds. The van der Waals surface area contributed by atoms with Crippen LogP contribution in [0.25, 0.3) is 0 Å². The summed E-state index contributed by atoms with van der Waals surface area (Å²) in [5.41, 5.74) is 0. The summed E-state index contributed by atoms with van der Waals surface area (Å²) in [6.45, 7) is 5.11. The Kier molecular flexibility index (Phi) is 5.09. The van der Waals surface area contributed by atoms with Crippen LogP contribution < -0.4 is 10.6 Å². The van der Waals surface area contributed by atoms with Gasteiger partial charge in [0.05, 0.1) is 16.4 Å². The predicted molar refractivity (Wildman–Crippen MR) is 84.4 cm³/mol. The van der Waals surface area contributed by atoms with E-state index in [0.29, 0.717) is 10.6 Å². The molecule has 0 saturated carbocycles. The maximum atomic E-state index is 12.6. The monoisotopic (exact) mass is 301 g/mol. The molecule has 108 valence electrons. The van der Waals surface area contributed by atoms with E-state index >= 15 is 0 Å². The Morgan fingerprint density at radius 2 is 2.32 bits per heavy atom. The summed E-state index contributed by atoms with van der Waals surface area (Å²) in [6, 6.07) is -0.0581. The van der Waals surface area contributed by atoms with Gasteiger partial charge in [-0.15, -0.1) is 11.8 Å². The molecule has 0 aromatic carbocycles. The molecule has 2 heterocycles. The van der Waals surface area contributed by atoms with Crippen molar-refractivity contribution in [1.29, 1.82) is 0 Å². The lowest BCUT2D eigenvalue weighted by atomic mass is 10.1. The maximum absolute atomic E-state index is 12.6. The molecule has 0 spiro atoms. The number of hydrogen-bond acceptors (Lipinski definition) is 4. The van der Waals surface area contributed by atoms with Crippen LogP contribution in [0.15, 0.2) is 0 Å². The number of nitrogens with zero attached hydrogens (tertiary/aromatic N) is 1. The molecule has 2 saturated heterocycles. The third-order valence-electron chi connectivity index (χ3n) is 3.88. The van der Waals surface area contributed by atoms with Crippen molar-refractivity contribution >= 4 is 34.9 Å². The third-order valence-corrected chi connectivity index (χ3v) is 5.81. The summed E-state index contributed by atoms with van der Waals surface area (Å²) in [7, 11) is 1.88. The summed E-state index contributed by atoms with van der Waals surface area (Å²) in [4.78, 5) is 15.4. The fourth-order valence-electron chi connectivity index (χ4n) is 2.63. The van der Waals surface area contributed by atoms with Gasteiger partial charge in [-0.25, -0.2) is 0 Å². The Labute approximate surface area is 125 Å². The van der Waals surface area contributed by atoms with Crippen LogP contribution in [-0.2, 0) is 4.79 Å². The van der Waals surface area contributed by atoms with E-state index in [4.69, 9.17) is 12.2 Å². The molecule has 4 atom stereocenters. The molecule has 6 heteroatoms. The van der Waals surface area contributed by atoms with Crippen LogP contribution in [-0.4, -0.2) is 52.1 Å². The Morgan fingerprint density at radius 1 is 1.58 bits per heavy atom. The number of carbonyl (C=O) groups excluding carboxylic acids is 1. The van der Waals surface area contributed by atoms with Crippen molar-refractivity contribution in [3.8, 4) is 0 Å². The van der Waals surface area contributed by atoms with E-state index < -0.39 is 0 Å². The summed E-state index contributed by atoms with van der Waals surface area (Å²) in [5.74, 6) is 0.227. The number of thioether (sulfide) groups is 1. The minimum Gasteiger partial charge on any atom is -0.367 e. The van der Waals surface area contributed by atoms with Gasteiger partial charge >= 0.3 is 0 Å². The maximum Gasteiger partial charge on any atom is 0.246 e. The molecular formula is C13H23N3OS2. The van der Waals surface area contributed by atoms with Crippen molar-refractivity contribution in [2.24, 2.45) is 0 Å². The van der Waals surface area contributed by atoms with Crippen LogP contribution in [0.3, 0.4) is 0 Å². The average molecular weight is 301 g/mol. The van der Waals surface area contributed by atoms with Crippen molar-refractivity contribution in [2.75, 3.05) is 13.6 Å². The van der Waals surface area contributed by atoms with E-state index in [-0.39, 0.29) is 18.0 Å². The van der Waals surface area contributed by atoms with Crippen molar-refractivity contribution in [3.63, 3.8) is 0 Å². The van der Waals surface area contributed by atoms with Crippen LogP contribution in [0.1, 0.15) is 33.1 Å². The number of thiocarbonyl (C=S) groups is 1. The highest BCUT2D eigenvalue weighted by Gasteiger charge is 2.38. The number of likely N-dealkylation sites (N-methyl/N-ethyl adjacent to an activating group) is 1. The van der Waals surface area contributed by atoms with Gasteiger partial charge < -0.3 is 15.5 Å². The van der Waals surface area contributed by atoms with Crippen LogP contribution in [0.5, 0.6) is 0 Å². The highest BCUT2D eigenvalue weighted by molar-refractivity contribution is 8.00. The van der Waals surface area contributed by atoms with E-state index in [0.717, 1.165) is 30.8 Å². The van der Waals surface area contributed by atoms with Gasteiger partial charge in [0.1, 0.15) is 6.04 Å². The van der Waals surface area contributed by atoms with Gasteiger partial charge in [0.25, 0.3) is 0 Å². The number of nitrogens with one attached hydrogen (secondary N) is 2. The first kappa shape index (κ1) is 15.1. The summed E-state index contributed by atoms with van der Waals surface area (Å²) < 4.78 is 0. The Morgan fingerprint density at radius 3 is 3.00 bits per heavy atom. The first-order valence-electron chi connectivity index (χ1n) is 6.96. The van der Waals surface area contributed by atoms with Gasteiger partial charge in [0.2, 0.25) is 5.91 Å². The zero-order valence-electron chi connectivity index (χ0n) is 11.8. The number of rotatable bonds is 3. The molecule has 0 aliphatic carbocycles. The van der Waals surface area contributed by atoms with Gasteiger partial charge in [-0.3, -0.25) is 4.79 Å². The minimum atomic E-state index is -0.158. The van der Waals surface area contributed by atoms with Crippen LogP contribution >= 0.6 is 24.0 Å². The van der Waals surface area contributed by atoms with E-state index in [1.165, 1.54) is 0 Å². The van der Waals surface area contributed by atoms with E-state index in [2.05, 4.69) is 17.6 Å². The molecule has 2 N–H and O–H groups in total. The first-order valence-corrected chi connectivity index (χ1v) is 8.31. The highest BCUT2D eigenvalue weighted by Crippen LogP contribution is 2.35. The Hall–Kier alpha value is -0.330. The molecule has 4 nitrogen and oxygen atoms in total. The van der Waals surface area contributed by atoms with Crippen molar-refractivity contribution in [2.45, 2.75) is 55.8 Å². The molecule has 0 aromatic heterocycles. The second-order valence-electron chi connectivity index (χ2n) is 5.38. The van der Waals surface area contributed by atoms with E-state index in [1.54, 1.807) is 0 Å². The van der Waals surface area contributed by atoms with Gasteiger partial charge in [0, 0.05) is 11.8 Å². The zero-order valence-corrected chi connectivity index (χ0v) is 13.4. The largest absolute Gasteiger partial charge is 0.367 e. The van der Waals surface area contributed by atoms with Crippen molar-refractivity contribution in [1.82, 2.24) is 15.5 Å². The van der Waals surface area contributed by atoms with Gasteiger partial charge in [-0.05, 0) is 33.2 Å². The topological polar surface area (TPSA) is 44.4 Å². The van der Waals surface area contributed by atoms with Crippen LogP contribution in [0.2, 0.25) is 0 Å². The van der Waals surface area contributed by atoms with Crippen molar-refractivity contribution < 1.29 is 4.79 Å². The lowest BCUT2D eigenvalue weighted by Crippen LogP contribution is -2.51. The third kappa shape index (κ3) is 3.41. The molecule has 0 radical (unpaired) electrons. The smallest absolute Gasteiger partial charge is 0.246 e. The summed E-state index contributed by atoms with van der Waals surface area (Å²) in [5, 5.41) is 7.24. The Balaban J connectivity index is 2.06. The number of fused-ring (bicyclic) bond motifs is 1. The number of hydrogen-bond donors (Lipinski definition) is 2. The summed E-state index contributed by atoms with van der Waals surface area (Å²) in [6.07, 6.45) is 3.11. The second-order valence-corrected chi connectivity index (χ2v) is 7.44. The zero-order chi connectivity index (χ0) is 14.0. The molecule has 0 bridgehead atoms. The molecule has 19 heavy (non-hydrogen) atoms. The fraction of sp³-hybridized carbons (Fsp3) is 0.846. The quantitative estimate of drug-likeness (QED) is 0.771. The lowest BCUT2D eigenvalue weighted by molar-refractivity contribution is -0.132. The molecule has 0 aromatic rings. The molecule has 2 aliphatic rings. The number of carbonyl (C=O) groups is 1. The highest BCUT2D eigenvalue weighted by atomic mass is 32.2. The predicted octanol–water partition coefficient (Wildman–Crippen LogP) is 1.35. The number of amides is 1. The fourth-order valence-corrected chi connectivity index (χ4v) is 4.39. The molecule has 2 aliphatic heterocycles. The average Bonchev–Trinajstić information content (AvgIpc) is 2.79. The van der Waals surface area contributed by atoms with Gasteiger partial charge in [-0.1, -0.05) is 19.1 Å². The van der Waals surface area contributed by atoms with Crippen molar-refractivity contribution in [3.05, 3.63) is 0 Å². The molecule has 2 fully saturated rings. The van der Waals surface area contributed by atoms with Gasteiger partial charge in [0.15, 0.2) is 0 Å². The Bertz CT molecular complexity index is 364. The van der Waals surface area contributed by atoms with E-state index in [1.807, 2.05) is 30.6 Å². The normalized spacial score (nSPS) is 32.7. The first-order chi connectivity index (χ1) is 9.02. The SMILES string of the molecule is CN[C@@H](C)C(=S)NC1CC(C)SC2CCCN2C1=O. The summed E-state index contributed by atoms with van der Waals surface area (Å²) >= 11 is 7.29. The van der Waals surface area contributed by atoms with Crippen LogP contribution in [0, 0.1) is 0 Å². The lowest BCUT2D eigenvalue weighted by Gasteiger charge is -2.26. The molecule has 2 rings (SSSR count). The molecule has 3 unspecified atom stereocenters. The standard InChI is InChI=1S/C13H23N3OS2/c1-8-7-10(15-12(18)9(2)14-3)13(17)16-6-4-5-11(16)19-8/h8-11,14H,4-7H2,1-3H3,(H,15,18)/t8?,9-,10?,11?/m0/s1. The van der Waals surface area contributed by atoms with E-state index in [9.17, 15) is 4.79 Å². The minimum absolute atomic E-state index is 0.100. The van der Waals surface area contributed by atoms with Crippen LogP contribution in [0.4, 0.5) is 0 Å². The molecular weight excluding hydrogens is 278 g/mol. The second kappa shape index (κ2) is 6.41. The van der Waals surface area contributed by atoms with Gasteiger partial charge in [-0.2, -0.15) is 0 Å².